The van der Waals surface area contributed by atoms with E-state index >= 15 is 0 Å². The monoisotopic (exact) mass is 460 g/mol. The summed E-state index contributed by atoms with van der Waals surface area (Å²) < 4.78 is 5.70. The van der Waals surface area contributed by atoms with Crippen LogP contribution in [-0.2, 0) is 31.1 Å². The Balaban J connectivity index is 1.30. The molecular weight excluding hydrogens is 428 g/mol. The first-order chi connectivity index (χ1) is 17.2. The van der Waals surface area contributed by atoms with Crippen molar-refractivity contribution in [3.8, 4) is 5.75 Å². The minimum atomic E-state index is 0.141. The zero-order chi connectivity index (χ0) is 23.5. The van der Waals surface area contributed by atoms with E-state index in [1.807, 2.05) is 0 Å². The summed E-state index contributed by atoms with van der Waals surface area (Å²) in [7, 11) is 1.79. The van der Waals surface area contributed by atoms with Crippen molar-refractivity contribution in [2.24, 2.45) is 5.41 Å². The fourth-order valence-corrected chi connectivity index (χ4v) is 7.50. The van der Waals surface area contributed by atoms with Crippen molar-refractivity contribution in [1.82, 2.24) is 9.88 Å². The van der Waals surface area contributed by atoms with E-state index in [2.05, 4.69) is 83.8 Å². The van der Waals surface area contributed by atoms with Gasteiger partial charge in [-0.2, -0.15) is 0 Å². The summed E-state index contributed by atoms with van der Waals surface area (Å²) in [6.45, 7) is 3.43. The third-order valence-electron chi connectivity index (χ3n) is 9.21. The number of rotatable bonds is 4. The number of pyridine rings is 1. The second-order valence-corrected chi connectivity index (χ2v) is 11.0. The number of piperidine rings is 1. The maximum Gasteiger partial charge on any atom is 0.119 e. The first-order valence-electron chi connectivity index (χ1n) is 13.0. The van der Waals surface area contributed by atoms with Crippen LogP contribution in [0.2, 0.25) is 0 Å². The number of fused-ring (bicyclic) bond motifs is 3. The molecule has 3 aliphatic rings. The minimum absolute atomic E-state index is 0.141. The highest BCUT2D eigenvalue weighted by Gasteiger charge is 2.61. The van der Waals surface area contributed by atoms with Crippen LogP contribution in [0.25, 0.3) is 10.9 Å². The number of likely N-dealkylation sites (tertiary alicyclic amines) is 1. The SMILES string of the molecule is COc1ccc2c(c1)C13CCN(CCc4ccccc4)CC1(C2)Cc1cc2ccccc2nc1C3. The molecule has 3 aromatic carbocycles. The van der Waals surface area contributed by atoms with Crippen LogP contribution in [0, 0.1) is 5.41 Å². The lowest BCUT2D eigenvalue weighted by Gasteiger charge is -2.56. The van der Waals surface area contributed by atoms with Crippen LogP contribution in [0.5, 0.6) is 5.75 Å². The molecule has 0 bridgehead atoms. The Kier molecular flexibility index (Phi) is 4.79. The number of aromatic nitrogens is 1. The molecule has 1 aliphatic heterocycles. The quantitative estimate of drug-likeness (QED) is 0.387. The molecule has 35 heavy (non-hydrogen) atoms. The molecule has 2 atom stereocenters. The lowest BCUT2D eigenvalue weighted by molar-refractivity contribution is 0.00373. The number of hydrogen-bond donors (Lipinski definition) is 0. The van der Waals surface area contributed by atoms with Gasteiger partial charge in [-0.3, -0.25) is 4.98 Å². The molecule has 2 unspecified atom stereocenters. The molecular formula is C32H32N2O. The predicted octanol–water partition coefficient (Wildman–Crippen LogP) is 5.77. The van der Waals surface area contributed by atoms with Gasteiger partial charge in [-0.05, 0) is 78.7 Å². The third kappa shape index (κ3) is 3.25. The Bertz CT molecular complexity index is 1410. The van der Waals surface area contributed by atoms with E-state index in [9.17, 15) is 0 Å². The molecule has 2 heterocycles. The molecule has 0 spiro atoms. The van der Waals surface area contributed by atoms with Crippen LogP contribution in [0.1, 0.15) is 34.4 Å². The summed E-state index contributed by atoms with van der Waals surface area (Å²) in [5.41, 5.74) is 8.74. The Labute approximate surface area is 207 Å². The van der Waals surface area contributed by atoms with Gasteiger partial charge >= 0.3 is 0 Å². The van der Waals surface area contributed by atoms with E-state index in [1.165, 1.54) is 39.8 Å². The molecule has 2 aliphatic carbocycles. The Hall–Kier alpha value is -3.17. The number of para-hydroxylation sites is 1. The molecule has 1 aromatic heterocycles. The van der Waals surface area contributed by atoms with E-state index < -0.39 is 0 Å². The maximum atomic E-state index is 5.70. The Morgan fingerprint density at radius 1 is 0.886 bits per heavy atom. The highest BCUT2D eigenvalue weighted by Crippen LogP contribution is 2.62. The average Bonchev–Trinajstić information content (AvgIpc) is 3.18. The Morgan fingerprint density at radius 3 is 2.60 bits per heavy atom. The molecule has 0 N–H and O–H groups in total. The van der Waals surface area contributed by atoms with Crippen molar-refractivity contribution < 1.29 is 4.74 Å². The lowest BCUT2D eigenvalue weighted by Crippen LogP contribution is -2.60. The highest BCUT2D eigenvalue weighted by atomic mass is 16.5. The van der Waals surface area contributed by atoms with Crippen molar-refractivity contribution in [1.29, 1.82) is 0 Å². The molecule has 0 saturated carbocycles. The van der Waals surface area contributed by atoms with Gasteiger partial charge in [-0.25, -0.2) is 0 Å². The zero-order valence-corrected chi connectivity index (χ0v) is 20.5. The first-order valence-corrected chi connectivity index (χ1v) is 13.0. The molecule has 0 amide bonds. The van der Waals surface area contributed by atoms with Gasteiger partial charge in [-0.15, -0.1) is 0 Å². The van der Waals surface area contributed by atoms with Gasteiger partial charge in [0, 0.05) is 41.4 Å². The van der Waals surface area contributed by atoms with Gasteiger partial charge in [-0.1, -0.05) is 54.6 Å². The van der Waals surface area contributed by atoms with E-state index in [4.69, 9.17) is 9.72 Å². The average molecular weight is 461 g/mol. The van der Waals surface area contributed by atoms with Gasteiger partial charge in [0.15, 0.2) is 0 Å². The zero-order valence-electron chi connectivity index (χ0n) is 20.5. The number of methoxy groups -OCH3 is 1. The van der Waals surface area contributed by atoms with Crippen LogP contribution < -0.4 is 4.74 Å². The maximum absolute atomic E-state index is 5.70. The molecule has 3 nitrogen and oxygen atoms in total. The summed E-state index contributed by atoms with van der Waals surface area (Å²) >= 11 is 0. The topological polar surface area (TPSA) is 25.4 Å². The number of nitrogens with zero attached hydrogens (tertiary/aromatic N) is 2. The van der Waals surface area contributed by atoms with Crippen LogP contribution in [0.15, 0.2) is 78.9 Å². The lowest BCUT2D eigenvalue weighted by atomic mass is 9.52. The van der Waals surface area contributed by atoms with Gasteiger partial charge in [0.25, 0.3) is 0 Å². The Morgan fingerprint density at radius 2 is 1.71 bits per heavy atom. The van der Waals surface area contributed by atoms with Crippen molar-refractivity contribution in [3.05, 3.63) is 107 Å². The largest absolute Gasteiger partial charge is 0.497 e. The normalized spacial score (nSPS) is 24.9. The van der Waals surface area contributed by atoms with Crippen LogP contribution >= 0.6 is 0 Å². The summed E-state index contributed by atoms with van der Waals surface area (Å²) in [5, 5.41) is 1.27. The second-order valence-electron chi connectivity index (χ2n) is 11.0. The van der Waals surface area contributed by atoms with E-state index in [0.717, 1.165) is 56.6 Å². The summed E-state index contributed by atoms with van der Waals surface area (Å²) in [6.07, 6.45) is 5.61. The second kappa shape index (κ2) is 7.93. The van der Waals surface area contributed by atoms with E-state index in [0.29, 0.717) is 0 Å². The molecule has 7 rings (SSSR count). The van der Waals surface area contributed by atoms with Crippen LogP contribution in [-0.4, -0.2) is 36.6 Å². The molecule has 1 saturated heterocycles. The standard InChI is InChI=1S/C32H32N2O/c1-35-27-12-11-25-19-31-20-26-17-24-9-5-6-10-29(24)33-30(26)21-32(31,28(25)18-27)14-16-34(22-31)15-13-23-7-3-2-4-8-23/h2-12,17-18H,13-16,19-22H2,1H3. The minimum Gasteiger partial charge on any atom is -0.497 e. The third-order valence-corrected chi connectivity index (χ3v) is 9.21. The summed E-state index contributed by atoms with van der Waals surface area (Å²) in [6, 6.07) is 28.8. The summed E-state index contributed by atoms with van der Waals surface area (Å²) in [4.78, 5) is 7.97. The van der Waals surface area contributed by atoms with Gasteiger partial charge in [0.05, 0.1) is 12.6 Å². The van der Waals surface area contributed by atoms with Gasteiger partial charge < -0.3 is 9.64 Å². The van der Waals surface area contributed by atoms with Crippen LogP contribution in [0.3, 0.4) is 0 Å². The highest BCUT2D eigenvalue weighted by molar-refractivity contribution is 5.79. The molecule has 1 fully saturated rings. The summed E-state index contributed by atoms with van der Waals surface area (Å²) in [5.74, 6) is 0.984. The van der Waals surface area contributed by atoms with Gasteiger partial charge in [0.2, 0.25) is 0 Å². The number of benzene rings is 3. The molecule has 0 radical (unpaired) electrons. The smallest absolute Gasteiger partial charge is 0.119 e. The molecule has 4 aromatic rings. The van der Waals surface area contributed by atoms with E-state index in [-0.39, 0.29) is 10.8 Å². The van der Waals surface area contributed by atoms with Crippen molar-refractivity contribution in [2.75, 3.05) is 26.7 Å². The predicted molar refractivity (Wildman–Crippen MR) is 141 cm³/mol. The first kappa shape index (κ1) is 21.1. The van der Waals surface area contributed by atoms with Crippen LogP contribution in [0.4, 0.5) is 0 Å². The van der Waals surface area contributed by atoms with Crippen molar-refractivity contribution in [2.45, 2.75) is 37.5 Å². The van der Waals surface area contributed by atoms with Crippen molar-refractivity contribution in [3.63, 3.8) is 0 Å². The fraction of sp³-hybridized carbons (Fsp3) is 0.344. The van der Waals surface area contributed by atoms with Gasteiger partial charge in [0.1, 0.15) is 5.75 Å². The van der Waals surface area contributed by atoms with E-state index in [1.54, 1.807) is 7.11 Å². The van der Waals surface area contributed by atoms with Crippen molar-refractivity contribution >= 4 is 10.9 Å². The molecule has 3 heteroatoms. The number of ether oxygens (including phenoxy) is 1. The molecule has 176 valence electrons. The fourth-order valence-electron chi connectivity index (χ4n) is 7.50. The number of hydrogen-bond acceptors (Lipinski definition) is 3.